The number of amides is 2. The van der Waals surface area contributed by atoms with E-state index in [4.69, 9.17) is 4.52 Å². The monoisotopic (exact) mass is 305 g/mol. The van der Waals surface area contributed by atoms with Crippen LogP contribution in [0.25, 0.3) is 0 Å². The van der Waals surface area contributed by atoms with Gasteiger partial charge in [-0.15, -0.1) is 0 Å². The average Bonchev–Trinajstić information content (AvgIpc) is 2.87. The van der Waals surface area contributed by atoms with Crippen molar-refractivity contribution in [2.24, 2.45) is 0 Å². The van der Waals surface area contributed by atoms with Crippen LogP contribution in [-0.4, -0.2) is 17.0 Å². The normalized spacial score (nSPS) is 10.6. The summed E-state index contributed by atoms with van der Waals surface area (Å²) in [6.45, 7) is 5.38. The average molecular weight is 305 g/mol. The van der Waals surface area contributed by atoms with Crippen molar-refractivity contribution in [3.8, 4) is 0 Å². The molecule has 0 aliphatic carbocycles. The minimum absolute atomic E-state index is 0.0187. The van der Waals surface area contributed by atoms with Crippen molar-refractivity contribution in [1.29, 1.82) is 0 Å². The highest BCUT2D eigenvalue weighted by Crippen LogP contribution is 2.21. The second kappa shape index (κ2) is 6.38. The number of hydrogen-bond donors (Lipinski definition) is 2. The number of rotatable bonds is 3. The summed E-state index contributed by atoms with van der Waals surface area (Å²) in [5, 5.41) is 3.76. The van der Waals surface area contributed by atoms with E-state index in [1.54, 1.807) is 6.92 Å². The number of nitrogens with zero attached hydrogens (tertiary/aromatic N) is 1. The van der Waals surface area contributed by atoms with Crippen LogP contribution in [0.1, 0.15) is 51.9 Å². The van der Waals surface area contributed by atoms with E-state index in [2.05, 4.69) is 16.0 Å². The fraction of sp³-hybridized carbons (Fsp3) is 0.267. The van der Waals surface area contributed by atoms with E-state index in [0.717, 1.165) is 12.1 Å². The lowest BCUT2D eigenvalue weighted by molar-refractivity contribution is 0.0845. The Morgan fingerprint density at radius 3 is 2.32 bits per heavy atom. The van der Waals surface area contributed by atoms with Gasteiger partial charge in [0.05, 0.1) is 5.69 Å². The summed E-state index contributed by atoms with van der Waals surface area (Å²) in [6, 6.07) is 4.97. The molecule has 0 atom stereocenters. The minimum atomic E-state index is -0.548. The van der Waals surface area contributed by atoms with E-state index >= 15 is 0 Å². The van der Waals surface area contributed by atoms with E-state index in [1.165, 1.54) is 12.1 Å². The van der Waals surface area contributed by atoms with Crippen LogP contribution in [0.15, 0.2) is 28.8 Å². The summed E-state index contributed by atoms with van der Waals surface area (Å²) in [7, 11) is 0. The van der Waals surface area contributed by atoms with Gasteiger partial charge < -0.3 is 4.52 Å². The molecule has 1 aromatic heterocycles. The molecular formula is C15H16FN3O3. The number of carbonyl (C=O) groups excluding carboxylic acids is 2. The third-order valence-corrected chi connectivity index (χ3v) is 3.04. The third-order valence-electron chi connectivity index (χ3n) is 3.04. The van der Waals surface area contributed by atoms with Crippen molar-refractivity contribution in [3.05, 3.63) is 52.7 Å². The molecule has 116 valence electrons. The van der Waals surface area contributed by atoms with Crippen LogP contribution in [-0.2, 0) is 0 Å². The van der Waals surface area contributed by atoms with E-state index in [1.807, 2.05) is 13.8 Å². The largest absolute Gasteiger partial charge is 0.360 e. The number of halogens is 1. The maximum absolute atomic E-state index is 12.8. The van der Waals surface area contributed by atoms with Crippen LogP contribution >= 0.6 is 0 Å². The van der Waals surface area contributed by atoms with Gasteiger partial charge in [0.15, 0.2) is 5.76 Å². The number of aryl methyl sites for hydroxylation is 1. The first-order valence-corrected chi connectivity index (χ1v) is 6.72. The Labute approximate surface area is 126 Å². The van der Waals surface area contributed by atoms with Crippen molar-refractivity contribution in [2.45, 2.75) is 26.7 Å². The van der Waals surface area contributed by atoms with Gasteiger partial charge in [-0.05, 0) is 31.2 Å². The van der Waals surface area contributed by atoms with Gasteiger partial charge in [0.1, 0.15) is 11.4 Å². The summed E-state index contributed by atoms with van der Waals surface area (Å²) in [5.74, 6) is -1.07. The second-order valence-corrected chi connectivity index (χ2v) is 5.08. The van der Waals surface area contributed by atoms with Gasteiger partial charge in [0.25, 0.3) is 11.8 Å². The Morgan fingerprint density at radius 2 is 1.73 bits per heavy atom. The summed E-state index contributed by atoms with van der Waals surface area (Å²) in [5.41, 5.74) is 5.54. The second-order valence-electron chi connectivity index (χ2n) is 5.08. The highest BCUT2D eigenvalue weighted by Gasteiger charge is 2.22. The fourth-order valence-corrected chi connectivity index (χ4v) is 1.91. The predicted octanol–water partition coefficient (Wildman–Crippen LogP) is 2.32. The molecule has 2 N–H and O–H groups in total. The lowest BCUT2D eigenvalue weighted by atomic mass is 10.0. The molecule has 0 fully saturated rings. The molecule has 2 amide bonds. The first-order chi connectivity index (χ1) is 10.4. The van der Waals surface area contributed by atoms with Crippen LogP contribution < -0.4 is 10.9 Å². The van der Waals surface area contributed by atoms with Crippen LogP contribution in [0.3, 0.4) is 0 Å². The highest BCUT2D eigenvalue weighted by molar-refractivity contribution is 6.00. The van der Waals surface area contributed by atoms with Gasteiger partial charge in [0.2, 0.25) is 0 Å². The molecule has 0 saturated heterocycles. The first-order valence-electron chi connectivity index (χ1n) is 6.72. The van der Waals surface area contributed by atoms with Crippen LogP contribution in [0.2, 0.25) is 0 Å². The molecule has 1 aromatic carbocycles. The van der Waals surface area contributed by atoms with Crippen molar-refractivity contribution in [2.75, 3.05) is 0 Å². The quantitative estimate of drug-likeness (QED) is 0.852. The Kier molecular flexibility index (Phi) is 4.55. The fourth-order valence-electron chi connectivity index (χ4n) is 1.91. The molecule has 22 heavy (non-hydrogen) atoms. The molecule has 0 saturated carbocycles. The van der Waals surface area contributed by atoms with E-state index in [-0.39, 0.29) is 11.5 Å². The van der Waals surface area contributed by atoms with Crippen molar-refractivity contribution in [3.63, 3.8) is 0 Å². The molecule has 6 nitrogen and oxygen atoms in total. The first kappa shape index (κ1) is 15.7. The molecule has 2 aromatic rings. The van der Waals surface area contributed by atoms with Gasteiger partial charge in [-0.3, -0.25) is 20.4 Å². The number of hydrogen-bond acceptors (Lipinski definition) is 4. The Bertz CT molecular complexity index is 693. The molecule has 1 heterocycles. The molecule has 7 heteroatoms. The Morgan fingerprint density at radius 1 is 1.14 bits per heavy atom. The molecule has 0 spiro atoms. The molecule has 0 aliphatic heterocycles. The zero-order valence-corrected chi connectivity index (χ0v) is 12.4. The number of nitrogens with one attached hydrogen (secondary N) is 2. The van der Waals surface area contributed by atoms with Gasteiger partial charge in [-0.1, -0.05) is 19.0 Å². The van der Waals surface area contributed by atoms with Gasteiger partial charge >= 0.3 is 0 Å². The molecule has 0 radical (unpaired) electrons. The van der Waals surface area contributed by atoms with Crippen molar-refractivity contribution in [1.82, 2.24) is 16.0 Å². The lowest BCUT2D eigenvalue weighted by Crippen LogP contribution is -2.42. The van der Waals surface area contributed by atoms with Gasteiger partial charge in [-0.2, -0.15) is 0 Å². The lowest BCUT2D eigenvalue weighted by Gasteiger charge is -2.08. The molecule has 0 bridgehead atoms. The predicted molar refractivity (Wildman–Crippen MR) is 76.7 cm³/mol. The zero-order chi connectivity index (χ0) is 16.3. The van der Waals surface area contributed by atoms with Crippen LogP contribution in [0.5, 0.6) is 0 Å². The van der Waals surface area contributed by atoms with E-state index in [9.17, 15) is 14.0 Å². The summed E-state index contributed by atoms with van der Waals surface area (Å²) < 4.78 is 17.9. The zero-order valence-electron chi connectivity index (χ0n) is 12.4. The number of aromatic nitrogens is 1. The van der Waals surface area contributed by atoms with Crippen molar-refractivity contribution >= 4 is 11.8 Å². The maximum Gasteiger partial charge on any atom is 0.275 e. The number of hydrazine groups is 1. The van der Waals surface area contributed by atoms with Gasteiger partial charge in [-0.25, -0.2) is 4.39 Å². The van der Waals surface area contributed by atoms with E-state index < -0.39 is 17.6 Å². The minimum Gasteiger partial charge on any atom is -0.360 e. The third kappa shape index (κ3) is 3.30. The Balaban J connectivity index is 2.05. The van der Waals surface area contributed by atoms with Crippen LogP contribution in [0.4, 0.5) is 4.39 Å². The molecule has 0 unspecified atom stereocenters. The van der Waals surface area contributed by atoms with Gasteiger partial charge in [0, 0.05) is 11.5 Å². The highest BCUT2D eigenvalue weighted by atomic mass is 19.1. The summed E-state index contributed by atoms with van der Waals surface area (Å²) >= 11 is 0. The standard InChI is InChI=1S/C15H16FN3O3/c1-8(2)13-12(9(3)19-22-13)15(21)18-17-14(20)10-4-6-11(16)7-5-10/h4-8H,1-3H3,(H,17,20)(H,18,21). The molecular weight excluding hydrogens is 289 g/mol. The number of benzene rings is 1. The molecule has 2 rings (SSSR count). The van der Waals surface area contributed by atoms with Crippen LogP contribution in [0, 0.1) is 12.7 Å². The smallest absolute Gasteiger partial charge is 0.275 e. The summed E-state index contributed by atoms with van der Waals surface area (Å²) in [6.07, 6.45) is 0. The van der Waals surface area contributed by atoms with Crippen molar-refractivity contribution < 1.29 is 18.5 Å². The van der Waals surface area contributed by atoms with E-state index in [0.29, 0.717) is 17.0 Å². The number of carbonyl (C=O) groups is 2. The summed E-state index contributed by atoms with van der Waals surface area (Å²) in [4.78, 5) is 24.0. The maximum atomic E-state index is 12.8. The topological polar surface area (TPSA) is 84.2 Å². The SMILES string of the molecule is Cc1noc(C(C)C)c1C(=O)NNC(=O)c1ccc(F)cc1. The Hall–Kier alpha value is -2.70. The molecule has 0 aliphatic rings.